The van der Waals surface area contributed by atoms with E-state index in [4.69, 9.17) is 16.3 Å². The fourth-order valence-corrected chi connectivity index (χ4v) is 2.17. The molecule has 98 valence electrons. The van der Waals surface area contributed by atoms with Crippen molar-refractivity contribution >= 4 is 28.5 Å². The van der Waals surface area contributed by atoms with Crippen LogP contribution in [0.1, 0.15) is 6.42 Å². The van der Waals surface area contributed by atoms with E-state index in [1.807, 2.05) is 0 Å². The molecule has 2 aromatic heterocycles. The van der Waals surface area contributed by atoms with E-state index in [1.54, 1.807) is 18.5 Å². The van der Waals surface area contributed by atoms with Gasteiger partial charge in [-0.15, -0.1) is 0 Å². The minimum Gasteiger partial charge on any atom is -0.476 e. The first-order chi connectivity index (χ1) is 9.22. The summed E-state index contributed by atoms with van der Waals surface area (Å²) in [6, 6.07) is 1.64. The Kier molecular flexibility index (Phi) is 3.16. The standard InChI is InChI=1S/C12H11ClN4O2/c13-9-4-8-11(15-2-1-14-8)12(17-9)19-6-7-3-10(18)16-5-7/h1-2,4,7H,3,5-6H2,(H,16,18). The van der Waals surface area contributed by atoms with Crippen LogP contribution in [0.3, 0.4) is 0 Å². The molecule has 3 rings (SSSR count). The fraction of sp³-hybridized carbons (Fsp3) is 0.333. The molecule has 1 fully saturated rings. The molecule has 0 spiro atoms. The number of carbonyl (C=O) groups excluding carboxylic acids is 1. The number of nitrogens with one attached hydrogen (secondary N) is 1. The van der Waals surface area contributed by atoms with Gasteiger partial charge in [-0.1, -0.05) is 11.6 Å². The van der Waals surface area contributed by atoms with Crippen molar-refractivity contribution in [2.45, 2.75) is 6.42 Å². The van der Waals surface area contributed by atoms with Crippen molar-refractivity contribution in [3.05, 3.63) is 23.6 Å². The van der Waals surface area contributed by atoms with Gasteiger partial charge in [0.05, 0.1) is 12.1 Å². The molecule has 1 unspecified atom stereocenters. The van der Waals surface area contributed by atoms with Gasteiger partial charge in [0.15, 0.2) is 5.52 Å². The smallest absolute Gasteiger partial charge is 0.243 e. The molecule has 1 atom stereocenters. The number of aromatic nitrogens is 3. The summed E-state index contributed by atoms with van der Waals surface area (Å²) in [4.78, 5) is 23.6. The molecule has 1 aliphatic rings. The van der Waals surface area contributed by atoms with Gasteiger partial charge in [-0.2, -0.15) is 4.98 Å². The van der Waals surface area contributed by atoms with Crippen molar-refractivity contribution in [2.75, 3.05) is 13.2 Å². The molecule has 0 aromatic carbocycles. The Morgan fingerprint density at radius 3 is 3.05 bits per heavy atom. The molecule has 1 N–H and O–H groups in total. The first-order valence-corrected chi connectivity index (χ1v) is 6.27. The maximum Gasteiger partial charge on any atom is 0.243 e. The van der Waals surface area contributed by atoms with Crippen LogP contribution in [0, 0.1) is 5.92 Å². The number of hydrogen-bond acceptors (Lipinski definition) is 5. The van der Waals surface area contributed by atoms with E-state index < -0.39 is 0 Å². The summed E-state index contributed by atoms with van der Waals surface area (Å²) in [5.74, 6) is 0.562. The first kappa shape index (κ1) is 12.1. The lowest BCUT2D eigenvalue weighted by molar-refractivity contribution is -0.119. The summed E-state index contributed by atoms with van der Waals surface area (Å²) >= 11 is 5.92. The van der Waals surface area contributed by atoms with E-state index in [0.29, 0.717) is 41.6 Å². The van der Waals surface area contributed by atoms with E-state index >= 15 is 0 Å². The Balaban J connectivity index is 1.82. The summed E-state index contributed by atoms with van der Waals surface area (Å²) in [6.07, 6.45) is 3.64. The maximum atomic E-state index is 11.1. The van der Waals surface area contributed by atoms with Crippen molar-refractivity contribution in [3.8, 4) is 5.88 Å². The van der Waals surface area contributed by atoms with Gasteiger partial charge in [-0.25, -0.2) is 4.98 Å². The maximum absolute atomic E-state index is 11.1. The zero-order chi connectivity index (χ0) is 13.2. The fourth-order valence-electron chi connectivity index (χ4n) is 1.99. The van der Waals surface area contributed by atoms with Crippen LogP contribution in [0.15, 0.2) is 18.5 Å². The van der Waals surface area contributed by atoms with Crippen molar-refractivity contribution < 1.29 is 9.53 Å². The van der Waals surface area contributed by atoms with Crippen molar-refractivity contribution in [1.82, 2.24) is 20.3 Å². The summed E-state index contributed by atoms with van der Waals surface area (Å²) in [7, 11) is 0. The third-order valence-electron chi connectivity index (χ3n) is 2.91. The number of pyridine rings is 1. The number of carbonyl (C=O) groups is 1. The van der Waals surface area contributed by atoms with Crippen LogP contribution in [-0.2, 0) is 4.79 Å². The number of amides is 1. The minimum atomic E-state index is 0.0531. The molecule has 0 radical (unpaired) electrons. The summed E-state index contributed by atoms with van der Waals surface area (Å²) in [5.41, 5.74) is 1.21. The molecular weight excluding hydrogens is 268 g/mol. The molecule has 1 saturated heterocycles. The molecule has 0 saturated carbocycles. The summed E-state index contributed by atoms with van der Waals surface area (Å²) < 4.78 is 5.64. The number of rotatable bonds is 3. The second-order valence-electron chi connectivity index (χ2n) is 4.36. The van der Waals surface area contributed by atoms with Gasteiger partial charge in [0, 0.05) is 37.3 Å². The van der Waals surface area contributed by atoms with Crippen molar-refractivity contribution in [1.29, 1.82) is 0 Å². The average molecular weight is 279 g/mol. The summed E-state index contributed by atoms with van der Waals surface area (Å²) in [6.45, 7) is 1.03. The van der Waals surface area contributed by atoms with Crippen LogP contribution in [0.5, 0.6) is 5.88 Å². The summed E-state index contributed by atoms with van der Waals surface area (Å²) in [5, 5.41) is 3.07. The molecule has 2 aromatic rings. The predicted molar refractivity (Wildman–Crippen MR) is 69.0 cm³/mol. The molecule has 1 amide bonds. The molecule has 0 aliphatic carbocycles. The van der Waals surface area contributed by atoms with Gasteiger partial charge >= 0.3 is 0 Å². The predicted octanol–water partition coefficient (Wildman–Crippen LogP) is 1.19. The van der Waals surface area contributed by atoms with Crippen LogP contribution >= 0.6 is 11.6 Å². The second kappa shape index (κ2) is 4.97. The first-order valence-electron chi connectivity index (χ1n) is 5.89. The van der Waals surface area contributed by atoms with Crippen molar-refractivity contribution in [3.63, 3.8) is 0 Å². The zero-order valence-electron chi connectivity index (χ0n) is 9.97. The lowest BCUT2D eigenvalue weighted by Gasteiger charge is -2.10. The number of nitrogens with zero attached hydrogens (tertiary/aromatic N) is 3. The highest BCUT2D eigenvalue weighted by Gasteiger charge is 2.22. The topological polar surface area (TPSA) is 77.0 Å². The number of fused-ring (bicyclic) bond motifs is 1. The van der Waals surface area contributed by atoms with Crippen LogP contribution in [-0.4, -0.2) is 34.0 Å². The van der Waals surface area contributed by atoms with Crippen molar-refractivity contribution in [2.24, 2.45) is 5.92 Å². The molecule has 7 heteroatoms. The van der Waals surface area contributed by atoms with E-state index in [-0.39, 0.29) is 11.8 Å². The Bertz CT molecular complexity index is 634. The van der Waals surface area contributed by atoms with E-state index in [1.165, 1.54) is 0 Å². The lowest BCUT2D eigenvalue weighted by Crippen LogP contribution is -2.17. The lowest BCUT2D eigenvalue weighted by atomic mass is 10.1. The molecule has 6 nitrogen and oxygen atoms in total. The third kappa shape index (κ3) is 2.58. The minimum absolute atomic E-state index is 0.0531. The second-order valence-corrected chi connectivity index (χ2v) is 4.75. The number of hydrogen-bond donors (Lipinski definition) is 1. The van der Waals surface area contributed by atoms with Crippen LogP contribution < -0.4 is 10.1 Å². The van der Waals surface area contributed by atoms with Gasteiger partial charge in [0.25, 0.3) is 0 Å². The number of ether oxygens (including phenoxy) is 1. The molecular formula is C12H11ClN4O2. The quantitative estimate of drug-likeness (QED) is 0.854. The monoisotopic (exact) mass is 278 g/mol. The molecule has 3 heterocycles. The normalized spacial score (nSPS) is 18.6. The van der Waals surface area contributed by atoms with Gasteiger partial charge in [-0.05, 0) is 0 Å². The Morgan fingerprint density at radius 1 is 1.42 bits per heavy atom. The number of halogens is 1. The molecule has 19 heavy (non-hydrogen) atoms. The van der Waals surface area contributed by atoms with E-state index in [9.17, 15) is 4.79 Å². The molecule has 1 aliphatic heterocycles. The van der Waals surface area contributed by atoms with E-state index in [2.05, 4.69) is 20.3 Å². The Morgan fingerprint density at radius 2 is 2.26 bits per heavy atom. The van der Waals surface area contributed by atoms with Gasteiger partial charge in [0.1, 0.15) is 5.15 Å². The zero-order valence-corrected chi connectivity index (χ0v) is 10.7. The van der Waals surface area contributed by atoms with Crippen LogP contribution in [0.4, 0.5) is 0 Å². The highest BCUT2D eigenvalue weighted by Crippen LogP contribution is 2.24. The highest BCUT2D eigenvalue weighted by molar-refractivity contribution is 6.30. The van der Waals surface area contributed by atoms with E-state index in [0.717, 1.165) is 0 Å². The molecule has 0 bridgehead atoms. The van der Waals surface area contributed by atoms with Crippen LogP contribution in [0.2, 0.25) is 5.15 Å². The van der Waals surface area contributed by atoms with Gasteiger partial charge < -0.3 is 10.1 Å². The Hall–Kier alpha value is -1.95. The van der Waals surface area contributed by atoms with Gasteiger partial charge in [-0.3, -0.25) is 9.78 Å². The Labute approximate surface area is 114 Å². The van der Waals surface area contributed by atoms with Crippen LogP contribution in [0.25, 0.3) is 11.0 Å². The average Bonchev–Trinajstić information content (AvgIpc) is 2.81. The van der Waals surface area contributed by atoms with Gasteiger partial charge in [0.2, 0.25) is 11.8 Å². The highest BCUT2D eigenvalue weighted by atomic mass is 35.5. The third-order valence-corrected chi connectivity index (χ3v) is 3.10. The largest absolute Gasteiger partial charge is 0.476 e. The SMILES string of the molecule is O=C1CC(COc2nc(Cl)cc3nccnc23)CN1.